The molecule has 0 aromatic heterocycles. The number of amides is 1. The summed E-state index contributed by atoms with van der Waals surface area (Å²) < 4.78 is 5.21. The van der Waals surface area contributed by atoms with Crippen molar-refractivity contribution >= 4 is 17.8 Å². The Morgan fingerprint density at radius 3 is 1.96 bits per heavy atom. The summed E-state index contributed by atoms with van der Waals surface area (Å²) in [7, 11) is 1.59. The predicted molar refractivity (Wildman–Crippen MR) is 106 cm³/mol. The van der Waals surface area contributed by atoms with Crippen LogP contribution in [0, 0.1) is 5.41 Å². The standard InChI is InChI=1S/C20H39N3O3/c1-6-7-8-9-10-11-12-13-14-15-17(24)22-19(21)23(5)16-18(25)26-20(2,3)4/h6-16H2,1-5H3,(H2,21,22,24). The van der Waals surface area contributed by atoms with Crippen LogP contribution in [0.5, 0.6) is 0 Å². The first-order valence-electron chi connectivity index (χ1n) is 9.97. The molecule has 152 valence electrons. The van der Waals surface area contributed by atoms with Crippen molar-refractivity contribution in [2.75, 3.05) is 13.6 Å². The molecular formula is C20H39N3O3. The molecule has 0 saturated carbocycles. The van der Waals surface area contributed by atoms with Crippen LogP contribution in [0.3, 0.4) is 0 Å². The van der Waals surface area contributed by atoms with Gasteiger partial charge in [-0.15, -0.1) is 0 Å². The molecule has 0 aromatic carbocycles. The third-order valence-corrected chi connectivity index (χ3v) is 3.93. The molecule has 0 aliphatic carbocycles. The van der Waals surface area contributed by atoms with Gasteiger partial charge in [0, 0.05) is 13.5 Å². The highest BCUT2D eigenvalue weighted by molar-refractivity contribution is 5.96. The first-order valence-corrected chi connectivity index (χ1v) is 9.97. The van der Waals surface area contributed by atoms with E-state index in [-0.39, 0.29) is 18.4 Å². The molecule has 0 atom stereocenters. The zero-order valence-corrected chi connectivity index (χ0v) is 17.5. The Hall–Kier alpha value is -1.59. The zero-order valence-electron chi connectivity index (χ0n) is 17.5. The van der Waals surface area contributed by atoms with Crippen LogP contribution in [-0.2, 0) is 14.3 Å². The lowest BCUT2D eigenvalue weighted by atomic mass is 10.1. The second kappa shape index (κ2) is 13.6. The number of carbonyl (C=O) groups is 2. The van der Waals surface area contributed by atoms with Crippen molar-refractivity contribution in [3.05, 3.63) is 0 Å². The van der Waals surface area contributed by atoms with E-state index in [0.717, 1.165) is 19.3 Å². The van der Waals surface area contributed by atoms with E-state index in [0.29, 0.717) is 6.42 Å². The Labute approximate surface area is 159 Å². The summed E-state index contributed by atoms with van der Waals surface area (Å²) in [5, 5.41) is 10.4. The van der Waals surface area contributed by atoms with Gasteiger partial charge in [-0.05, 0) is 27.2 Å². The molecule has 0 fully saturated rings. The molecule has 6 nitrogen and oxygen atoms in total. The first kappa shape index (κ1) is 24.4. The molecular weight excluding hydrogens is 330 g/mol. The van der Waals surface area contributed by atoms with Crippen molar-refractivity contribution in [3.63, 3.8) is 0 Å². The monoisotopic (exact) mass is 369 g/mol. The molecule has 0 bridgehead atoms. The van der Waals surface area contributed by atoms with Gasteiger partial charge in [-0.1, -0.05) is 58.3 Å². The maximum absolute atomic E-state index is 11.9. The van der Waals surface area contributed by atoms with Crippen LogP contribution in [0.25, 0.3) is 0 Å². The molecule has 26 heavy (non-hydrogen) atoms. The van der Waals surface area contributed by atoms with Gasteiger partial charge in [0.25, 0.3) is 0 Å². The molecule has 0 heterocycles. The Morgan fingerprint density at radius 2 is 1.46 bits per heavy atom. The van der Waals surface area contributed by atoms with E-state index in [4.69, 9.17) is 10.1 Å². The van der Waals surface area contributed by atoms with Crippen LogP contribution in [0.2, 0.25) is 0 Å². The number of rotatable bonds is 12. The fourth-order valence-corrected chi connectivity index (χ4v) is 2.53. The van der Waals surface area contributed by atoms with Crippen LogP contribution in [0.15, 0.2) is 0 Å². The number of nitrogens with one attached hydrogen (secondary N) is 2. The highest BCUT2D eigenvalue weighted by atomic mass is 16.6. The second-order valence-electron chi connectivity index (χ2n) is 7.92. The second-order valence-corrected chi connectivity index (χ2v) is 7.92. The van der Waals surface area contributed by atoms with Crippen LogP contribution < -0.4 is 5.32 Å². The highest BCUT2D eigenvalue weighted by Crippen LogP contribution is 2.10. The van der Waals surface area contributed by atoms with E-state index in [2.05, 4.69) is 12.2 Å². The minimum Gasteiger partial charge on any atom is -0.459 e. The van der Waals surface area contributed by atoms with Crippen molar-refractivity contribution < 1.29 is 14.3 Å². The van der Waals surface area contributed by atoms with Crippen molar-refractivity contribution in [1.29, 1.82) is 5.41 Å². The molecule has 0 unspecified atom stereocenters. The number of guanidine groups is 1. The quantitative estimate of drug-likeness (QED) is 0.233. The van der Waals surface area contributed by atoms with E-state index in [1.165, 1.54) is 43.4 Å². The van der Waals surface area contributed by atoms with Crippen molar-refractivity contribution in [1.82, 2.24) is 10.2 Å². The lowest BCUT2D eigenvalue weighted by molar-refractivity contribution is -0.155. The average Bonchev–Trinajstić information content (AvgIpc) is 2.51. The van der Waals surface area contributed by atoms with Crippen LogP contribution in [-0.4, -0.2) is 41.9 Å². The summed E-state index contributed by atoms with van der Waals surface area (Å²) in [6.07, 6.45) is 11.2. The van der Waals surface area contributed by atoms with Crippen molar-refractivity contribution in [2.24, 2.45) is 0 Å². The van der Waals surface area contributed by atoms with Gasteiger partial charge >= 0.3 is 5.97 Å². The van der Waals surface area contributed by atoms with E-state index in [9.17, 15) is 9.59 Å². The van der Waals surface area contributed by atoms with Gasteiger partial charge in [0.2, 0.25) is 5.91 Å². The topological polar surface area (TPSA) is 82.5 Å². The minimum atomic E-state index is -0.556. The molecule has 0 aliphatic heterocycles. The van der Waals surface area contributed by atoms with Gasteiger partial charge in [0.05, 0.1) is 0 Å². The van der Waals surface area contributed by atoms with Crippen LogP contribution >= 0.6 is 0 Å². The van der Waals surface area contributed by atoms with Crippen LogP contribution in [0.4, 0.5) is 0 Å². The molecule has 6 heteroatoms. The summed E-state index contributed by atoms with van der Waals surface area (Å²) in [4.78, 5) is 25.0. The third-order valence-electron chi connectivity index (χ3n) is 3.93. The summed E-state index contributed by atoms with van der Waals surface area (Å²) in [6, 6.07) is 0. The van der Waals surface area contributed by atoms with Crippen LogP contribution in [0.1, 0.15) is 91.9 Å². The molecule has 1 amide bonds. The highest BCUT2D eigenvalue weighted by Gasteiger charge is 2.19. The Balaban J connectivity index is 3.78. The Morgan fingerprint density at radius 1 is 0.962 bits per heavy atom. The van der Waals surface area contributed by atoms with Gasteiger partial charge in [-0.3, -0.25) is 20.3 Å². The summed E-state index contributed by atoms with van der Waals surface area (Å²) >= 11 is 0. The Kier molecular flexibility index (Phi) is 12.8. The molecule has 0 rings (SSSR count). The maximum Gasteiger partial charge on any atom is 0.326 e. The largest absolute Gasteiger partial charge is 0.459 e. The number of unbranched alkanes of at least 4 members (excludes halogenated alkanes) is 8. The Bertz CT molecular complexity index is 431. The fraction of sp³-hybridized carbons (Fsp3) is 0.850. The normalized spacial score (nSPS) is 11.1. The molecule has 0 aromatic rings. The number of carbonyl (C=O) groups excluding carboxylic acids is 2. The van der Waals surface area contributed by atoms with Gasteiger partial charge in [0.1, 0.15) is 12.1 Å². The number of ether oxygens (including phenoxy) is 1. The number of hydrogen-bond acceptors (Lipinski definition) is 4. The summed E-state index contributed by atoms with van der Waals surface area (Å²) in [6.45, 7) is 7.55. The van der Waals surface area contributed by atoms with Gasteiger partial charge in [-0.2, -0.15) is 0 Å². The van der Waals surface area contributed by atoms with Gasteiger partial charge in [0.15, 0.2) is 5.96 Å². The number of esters is 1. The number of hydrogen-bond donors (Lipinski definition) is 2. The van der Waals surface area contributed by atoms with Crippen molar-refractivity contribution in [3.8, 4) is 0 Å². The average molecular weight is 370 g/mol. The molecule has 0 saturated heterocycles. The van der Waals surface area contributed by atoms with Crippen molar-refractivity contribution in [2.45, 2.75) is 97.5 Å². The van der Waals surface area contributed by atoms with E-state index in [1.807, 2.05) is 0 Å². The van der Waals surface area contributed by atoms with E-state index in [1.54, 1.807) is 27.8 Å². The summed E-state index contributed by atoms with van der Waals surface area (Å²) in [5.41, 5.74) is -0.556. The number of nitrogens with zero attached hydrogens (tertiary/aromatic N) is 1. The first-order chi connectivity index (χ1) is 12.2. The molecule has 0 spiro atoms. The van der Waals surface area contributed by atoms with Gasteiger partial charge in [-0.25, -0.2) is 0 Å². The van der Waals surface area contributed by atoms with E-state index < -0.39 is 11.6 Å². The lowest BCUT2D eigenvalue weighted by Crippen LogP contribution is -2.44. The molecule has 2 N–H and O–H groups in total. The third kappa shape index (κ3) is 14.7. The van der Waals surface area contributed by atoms with E-state index >= 15 is 0 Å². The lowest BCUT2D eigenvalue weighted by Gasteiger charge is -2.23. The van der Waals surface area contributed by atoms with Gasteiger partial charge < -0.3 is 9.64 Å². The zero-order chi connectivity index (χ0) is 20.0. The molecule has 0 radical (unpaired) electrons. The number of likely N-dealkylation sites (N-methyl/N-ethyl adjacent to an activating group) is 1. The SMILES string of the molecule is CCCCCCCCCCCC(=O)NC(=N)N(C)CC(=O)OC(C)(C)C. The summed E-state index contributed by atoms with van der Waals surface area (Å²) in [5.74, 6) is -0.663. The fourth-order valence-electron chi connectivity index (χ4n) is 2.53. The predicted octanol–water partition coefficient (Wildman–Crippen LogP) is 4.23. The maximum atomic E-state index is 11.9. The molecule has 0 aliphatic rings. The minimum absolute atomic E-state index is 0.0611. The smallest absolute Gasteiger partial charge is 0.326 e.